The third-order valence-electron chi connectivity index (χ3n) is 3.80. The van der Waals surface area contributed by atoms with Crippen LogP contribution >= 0.6 is 0 Å². The number of likely N-dealkylation sites (tertiary alicyclic amines) is 1. The Morgan fingerprint density at radius 3 is 2.00 bits per heavy atom. The first-order valence-corrected chi connectivity index (χ1v) is 5.52. The minimum atomic E-state index is 0.673. The van der Waals surface area contributed by atoms with Crippen molar-refractivity contribution in [3.8, 4) is 0 Å². The first-order chi connectivity index (χ1) is 7.15. The van der Waals surface area contributed by atoms with Crippen molar-refractivity contribution in [2.45, 2.75) is 18.3 Å². The molecule has 2 aliphatic rings. The van der Waals surface area contributed by atoms with Crippen LogP contribution in [-0.4, -0.2) is 25.0 Å². The maximum absolute atomic E-state index is 5.87. The van der Waals surface area contributed by atoms with Crippen molar-refractivity contribution in [1.82, 2.24) is 4.90 Å². The molecule has 1 fully saturated rings. The molecule has 2 bridgehead atoms. The highest BCUT2D eigenvalue weighted by Gasteiger charge is 2.36. The zero-order valence-corrected chi connectivity index (χ0v) is 9.03. The van der Waals surface area contributed by atoms with E-state index in [1.165, 1.54) is 17.5 Å². The van der Waals surface area contributed by atoms with Crippen molar-refractivity contribution in [3.63, 3.8) is 0 Å². The van der Waals surface area contributed by atoms with Gasteiger partial charge in [0.2, 0.25) is 0 Å². The second-order valence-electron chi connectivity index (χ2n) is 4.96. The highest BCUT2D eigenvalue weighted by Crippen LogP contribution is 2.47. The fourth-order valence-electron chi connectivity index (χ4n) is 3.15. The first kappa shape index (κ1) is 9.04. The molecule has 3 rings (SSSR count). The minimum Gasteiger partial charge on any atom is -0.397 e. The molecule has 15 heavy (non-hydrogen) atoms. The summed E-state index contributed by atoms with van der Waals surface area (Å²) in [6, 6.07) is 4.18. The fraction of sp³-hybridized carbons (Fsp3) is 0.500. The number of nitrogen functional groups attached to an aromatic ring is 2. The van der Waals surface area contributed by atoms with Gasteiger partial charge in [-0.1, -0.05) is 0 Å². The number of nitrogens with two attached hydrogens (primary N) is 2. The number of nitrogens with zero attached hydrogens (tertiary/aromatic N) is 1. The smallest absolute Gasteiger partial charge is 0.0550 e. The predicted molar refractivity (Wildman–Crippen MR) is 62.9 cm³/mol. The Morgan fingerprint density at radius 2 is 1.53 bits per heavy atom. The number of fused-ring (bicyclic) bond motifs is 5. The number of anilines is 2. The lowest BCUT2D eigenvalue weighted by molar-refractivity contribution is 0.245. The van der Waals surface area contributed by atoms with Gasteiger partial charge in [0.25, 0.3) is 0 Å². The second kappa shape index (κ2) is 2.89. The number of hydrogen-bond acceptors (Lipinski definition) is 3. The Balaban J connectivity index is 2.12. The van der Waals surface area contributed by atoms with Gasteiger partial charge in [0.1, 0.15) is 0 Å². The monoisotopic (exact) mass is 203 g/mol. The molecule has 0 unspecified atom stereocenters. The van der Waals surface area contributed by atoms with Gasteiger partial charge in [0, 0.05) is 13.1 Å². The third kappa shape index (κ3) is 1.23. The third-order valence-corrected chi connectivity index (χ3v) is 3.80. The van der Waals surface area contributed by atoms with Gasteiger partial charge in [-0.25, -0.2) is 0 Å². The zero-order chi connectivity index (χ0) is 10.6. The molecule has 0 amide bonds. The number of hydrogen-bond donors (Lipinski definition) is 2. The lowest BCUT2D eigenvalue weighted by Gasteiger charge is -2.28. The van der Waals surface area contributed by atoms with Crippen LogP contribution in [0.1, 0.15) is 29.4 Å². The Bertz CT molecular complexity index is 377. The topological polar surface area (TPSA) is 55.3 Å². The summed E-state index contributed by atoms with van der Waals surface area (Å²) in [6.07, 6.45) is 1.28. The van der Waals surface area contributed by atoms with Gasteiger partial charge >= 0.3 is 0 Å². The number of piperidine rings is 1. The summed E-state index contributed by atoms with van der Waals surface area (Å²) in [5, 5.41) is 0. The molecule has 0 radical (unpaired) electrons. The summed E-state index contributed by atoms with van der Waals surface area (Å²) < 4.78 is 0. The highest BCUT2D eigenvalue weighted by atomic mass is 15.1. The molecule has 1 saturated heterocycles. The van der Waals surface area contributed by atoms with Crippen molar-refractivity contribution in [2.75, 3.05) is 31.6 Å². The Morgan fingerprint density at radius 1 is 1.07 bits per heavy atom. The van der Waals surface area contributed by atoms with Crippen molar-refractivity contribution >= 4 is 11.4 Å². The summed E-state index contributed by atoms with van der Waals surface area (Å²) in [7, 11) is 2.19. The van der Waals surface area contributed by atoms with Gasteiger partial charge < -0.3 is 16.4 Å². The molecular formula is C12H17N3. The Hall–Kier alpha value is -1.22. The number of rotatable bonds is 0. The molecule has 1 aromatic carbocycles. The van der Waals surface area contributed by atoms with E-state index in [-0.39, 0.29) is 0 Å². The summed E-state index contributed by atoms with van der Waals surface area (Å²) in [6.45, 7) is 2.32. The fourth-order valence-corrected chi connectivity index (χ4v) is 3.15. The van der Waals surface area contributed by atoms with E-state index in [4.69, 9.17) is 11.5 Å². The van der Waals surface area contributed by atoms with Gasteiger partial charge in [-0.05, 0) is 48.6 Å². The number of likely N-dealkylation sites (N-methyl/N-ethyl adjacent to an activating group) is 1. The lowest BCUT2D eigenvalue weighted by atomic mass is 9.96. The van der Waals surface area contributed by atoms with E-state index in [1.54, 1.807) is 0 Å². The van der Waals surface area contributed by atoms with E-state index in [9.17, 15) is 0 Å². The Labute approximate surface area is 90.0 Å². The summed E-state index contributed by atoms with van der Waals surface area (Å²) in [5.74, 6) is 1.35. The minimum absolute atomic E-state index is 0.673. The van der Waals surface area contributed by atoms with Crippen LogP contribution in [0.5, 0.6) is 0 Å². The molecule has 1 aromatic rings. The molecule has 80 valence electrons. The average Bonchev–Trinajstić information content (AvgIpc) is 2.41. The standard InChI is InChI=1S/C12H17N3/c1-15-5-7-2-8(6-15)10-4-12(14)11(13)3-9(7)10/h3-4,7-8H,2,5-6,13-14H2,1H3/t7-,8+. The molecule has 4 N–H and O–H groups in total. The molecule has 0 aromatic heterocycles. The quantitative estimate of drug-likeness (QED) is 0.626. The second-order valence-corrected chi connectivity index (χ2v) is 4.96. The first-order valence-electron chi connectivity index (χ1n) is 5.52. The molecule has 1 aliphatic heterocycles. The molecule has 3 heteroatoms. The van der Waals surface area contributed by atoms with Crippen LogP contribution in [0.3, 0.4) is 0 Å². The highest BCUT2D eigenvalue weighted by molar-refractivity contribution is 5.68. The maximum Gasteiger partial charge on any atom is 0.0550 e. The molecule has 1 heterocycles. The van der Waals surface area contributed by atoms with Crippen LogP contribution in [0, 0.1) is 0 Å². The van der Waals surface area contributed by atoms with Crippen molar-refractivity contribution < 1.29 is 0 Å². The van der Waals surface area contributed by atoms with E-state index < -0.39 is 0 Å². The lowest BCUT2D eigenvalue weighted by Crippen LogP contribution is -2.31. The number of benzene rings is 1. The molecule has 3 nitrogen and oxygen atoms in total. The van der Waals surface area contributed by atoms with E-state index in [0.29, 0.717) is 11.8 Å². The molecule has 2 atom stereocenters. The van der Waals surface area contributed by atoms with Crippen LogP contribution in [0.2, 0.25) is 0 Å². The molecule has 1 aliphatic carbocycles. The van der Waals surface area contributed by atoms with Gasteiger partial charge in [-0.2, -0.15) is 0 Å². The molecule has 0 spiro atoms. The van der Waals surface area contributed by atoms with Gasteiger partial charge in [-0.3, -0.25) is 0 Å². The van der Waals surface area contributed by atoms with E-state index in [0.717, 1.165) is 24.5 Å². The van der Waals surface area contributed by atoms with Gasteiger partial charge in [-0.15, -0.1) is 0 Å². The predicted octanol–water partition coefficient (Wildman–Crippen LogP) is 1.37. The van der Waals surface area contributed by atoms with Crippen LogP contribution in [-0.2, 0) is 0 Å². The SMILES string of the molecule is CN1C[C@H]2C[C@@H](C1)c1cc(N)c(N)cc12. The van der Waals surface area contributed by atoms with Gasteiger partial charge in [0.15, 0.2) is 0 Å². The van der Waals surface area contributed by atoms with E-state index >= 15 is 0 Å². The van der Waals surface area contributed by atoms with Crippen molar-refractivity contribution in [1.29, 1.82) is 0 Å². The van der Waals surface area contributed by atoms with E-state index in [2.05, 4.69) is 24.1 Å². The largest absolute Gasteiger partial charge is 0.397 e. The summed E-state index contributed by atoms with van der Waals surface area (Å²) in [4.78, 5) is 2.41. The zero-order valence-electron chi connectivity index (χ0n) is 9.03. The van der Waals surface area contributed by atoms with Crippen LogP contribution in [0.25, 0.3) is 0 Å². The summed E-state index contributed by atoms with van der Waals surface area (Å²) >= 11 is 0. The van der Waals surface area contributed by atoms with Crippen LogP contribution < -0.4 is 11.5 Å². The van der Waals surface area contributed by atoms with Crippen LogP contribution in [0.15, 0.2) is 12.1 Å². The van der Waals surface area contributed by atoms with Crippen molar-refractivity contribution in [3.05, 3.63) is 23.3 Å². The normalized spacial score (nSPS) is 29.1. The molecular weight excluding hydrogens is 186 g/mol. The summed E-state index contributed by atoms with van der Waals surface area (Å²) in [5.41, 5.74) is 16.1. The Kier molecular flexibility index (Phi) is 1.74. The van der Waals surface area contributed by atoms with E-state index in [1.807, 2.05) is 0 Å². The van der Waals surface area contributed by atoms with Gasteiger partial charge in [0.05, 0.1) is 11.4 Å². The van der Waals surface area contributed by atoms with Crippen LogP contribution in [0.4, 0.5) is 11.4 Å². The molecule has 0 saturated carbocycles. The average molecular weight is 203 g/mol. The maximum atomic E-state index is 5.87. The van der Waals surface area contributed by atoms with Crippen molar-refractivity contribution in [2.24, 2.45) is 0 Å².